The third kappa shape index (κ3) is 2.16. The largest absolute Gasteiger partial charge is 0.468 e. The zero-order valence-corrected chi connectivity index (χ0v) is 12.3. The summed E-state index contributed by atoms with van der Waals surface area (Å²) in [5.74, 6) is -2.40. The Kier molecular flexibility index (Phi) is 3.31. The van der Waals surface area contributed by atoms with Crippen molar-refractivity contribution in [3.8, 4) is 0 Å². The molecule has 3 rings (SSSR count). The Morgan fingerprint density at radius 2 is 1.76 bits per heavy atom. The van der Waals surface area contributed by atoms with Crippen molar-refractivity contribution < 1.29 is 33.3 Å². The fourth-order valence-corrected chi connectivity index (χ4v) is 3.30. The highest BCUT2D eigenvalue weighted by atomic mass is 16.8. The fourth-order valence-electron chi connectivity index (χ4n) is 3.30. The molecule has 0 spiro atoms. The quantitative estimate of drug-likeness (QED) is 0.531. The molecule has 7 nitrogen and oxygen atoms in total. The summed E-state index contributed by atoms with van der Waals surface area (Å²) in [5.41, 5.74) is 0.529. The molecule has 0 N–H and O–H groups in total. The zero-order valence-electron chi connectivity index (χ0n) is 12.3. The van der Waals surface area contributed by atoms with Crippen LogP contribution in [0, 0.1) is 5.92 Å². The Labute approximate surface area is 122 Å². The Hall–Kier alpha value is -1.44. The smallest absolute Gasteiger partial charge is 0.330 e. The van der Waals surface area contributed by atoms with Crippen LogP contribution in [0.1, 0.15) is 13.8 Å². The molecule has 0 amide bonds. The number of carbonyl (C=O) groups is 2. The number of hydrogen-bond acceptors (Lipinski definition) is 7. The first-order valence-corrected chi connectivity index (χ1v) is 6.76. The van der Waals surface area contributed by atoms with Gasteiger partial charge in [-0.3, -0.25) is 4.79 Å². The van der Waals surface area contributed by atoms with E-state index in [9.17, 15) is 9.59 Å². The van der Waals surface area contributed by atoms with Gasteiger partial charge >= 0.3 is 11.9 Å². The molecule has 5 unspecified atom stereocenters. The molecule has 7 heteroatoms. The number of esters is 2. The number of ether oxygens (including phenoxy) is 5. The minimum atomic E-state index is -0.739. The number of carbonyl (C=O) groups excluding carboxylic acids is 2. The number of fused-ring (bicyclic) bond motifs is 5. The predicted octanol–water partition coefficient (Wildman–Crippen LogP) is 0.176. The topological polar surface area (TPSA) is 80.3 Å². The molecule has 3 aliphatic heterocycles. The van der Waals surface area contributed by atoms with E-state index in [2.05, 4.69) is 4.74 Å². The van der Waals surface area contributed by atoms with Crippen LogP contribution in [0.4, 0.5) is 0 Å². The first-order valence-electron chi connectivity index (χ1n) is 6.76. The summed E-state index contributed by atoms with van der Waals surface area (Å²) in [4.78, 5) is 23.6. The number of hydrogen-bond donors (Lipinski definition) is 0. The van der Waals surface area contributed by atoms with E-state index in [1.54, 1.807) is 0 Å². The van der Waals surface area contributed by atoms with Crippen LogP contribution in [0.15, 0.2) is 11.6 Å². The third-order valence-corrected chi connectivity index (χ3v) is 4.05. The maximum atomic E-state index is 12.0. The highest BCUT2D eigenvalue weighted by Crippen LogP contribution is 2.51. The Morgan fingerprint density at radius 3 is 2.38 bits per heavy atom. The van der Waals surface area contributed by atoms with Crippen molar-refractivity contribution in [2.24, 2.45) is 5.92 Å². The Morgan fingerprint density at radius 1 is 1.10 bits per heavy atom. The summed E-state index contributed by atoms with van der Waals surface area (Å²) in [6.45, 7) is 3.61. The monoisotopic (exact) mass is 298 g/mol. The molecule has 3 aliphatic rings. The average Bonchev–Trinajstić information content (AvgIpc) is 3.04. The van der Waals surface area contributed by atoms with Crippen molar-refractivity contribution in [1.82, 2.24) is 0 Å². The Balaban J connectivity index is 1.95. The van der Waals surface area contributed by atoms with Gasteiger partial charge in [-0.15, -0.1) is 0 Å². The van der Waals surface area contributed by atoms with Crippen molar-refractivity contribution in [3.63, 3.8) is 0 Å². The van der Waals surface area contributed by atoms with Gasteiger partial charge in [0.1, 0.15) is 30.3 Å². The fraction of sp³-hybridized carbons (Fsp3) is 0.714. The normalized spacial score (nSPS) is 41.1. The van der Waals surface area contributed by atoms with Gasteiger partial charge in [-0.1, -0.05) is 0 Å². The number of methoxy groups -OCH3 is 2. The van der Waals surface area contributed by atoms with Crippen LogP contribution < -0.4 is 0 Å². The van der Waals surface area contributed by atoms with Crippen LogP contribution >= 0.6 is 0 Å². The molecular formula is C14H18O7. The maximum absolute atomic E-state index is 12.0. The lowest BCUT2D eigenvalue weighted by Crippen LogP contribution is -2.44. The van der Waals surface area contributed by atoms with Crippen LogP contribution in [0.5, 0.6) is 0 Å². The van der Waals surface area contributed by atoms with E-state index in [0.29, 0.717) is 5.57 Å². The molecule has 0 aliphatic carbocycles. The number of rotatable bonds is 2. The minimum absolute atomic E-state index is 0.332. The summed E-state index contributed by atoms with van der Waals surface area (Å²) in [7, 11) is 2.58. The molecule has 3 saturated heterocycles. The van der Waals surface area contributed by atoms with Gasteiger partial charge in [-0.2, -0.15) is 0 Å². The van der Waals surface area contributed by atoms with E-state index in [1.807, 2.05) is 13.8 Å². The first kappa shape index (κ1) is 14.5. The van der Waals surface area contributed by atoms with Crippen molar-refractivity contribution in [1.29, 1.82) is 0 Å². The van der Waals surface area contributed by atoms with Gasteiger partial charge in [-0.05, 0) is 19.4 Å². The Bertz CT molecular complexity index is 509. The first-order chi connectivity index (χ1) is 9.88. The minimum Gasteiger partial charge on any atom is -0.468 e. The maximum Gasteiger partial charge on any atom is 0.330 e. The summed E-state index contributed by atoms with van der Waals surface area (Å²) in [6, 6.07) is 0. The van der Waals surface area contributed by atoms with E-state index in [1.165, 1.54) is 20.3 Å². The molecule has 0 aromatic heterocycles. The van der Waals surface area contributed by atoms with Crippen LogP contribution in [0.25, 0.3) is 0 Å². The second-order valence-corrected chi connectivity index (χ2v) is 5.75. The van der Waals surface area contributed by atoms with Crippen LogP contribution in [0.2, 0.25) is 0 Å². The highest BCUT2D eigenvalue weighted by Gasteiger charge is 2.65. The molecular weight excluding hydrogens is 280 g/mol. The van der Waals surface area contributed by atoms with Crippen molar-refractivity contribution >= 4 is 11.9 Å². The molecule has 3 heterocycles. The van der Waals surface area contributed by atoms with Crippen molar-refractivity contribution in [2.75, 3.05) is 14.2 Å². The van der Waals surface area contributed by atoms with Gasteiger partial charge in [0.15, 0.2) is 5.79 Å². The van der Waals surface area contributed by atoms with Crippen molar-refractivity contribution in [2.45, 2.75) is 44.1 Å². The lowest BCUT2D eigenvalue weighted by atomic mass is 9.80. The standard InChI is InChI=1S/C14H18O7/c1-14(2)20-11-9-6(5-7(15)17-3)8(13(16)18-4)10(19-9)12(11)21-14/h5,8-12H,1-4H3/b6-5-. The molecule has 2 bridgehead atoms. The molecule has 5 atom stereocenters. The van der Waals surface area contributed by atoms with Gasteiger partial charge in [0.25, 0.3) is 0 Å². The molecule has 21 heavy (non-hydrogen) atoms. The van der Waals surface area contributed by atoms with E-state index >= 15 is 0 Å². The molecule has 0 saturated carbocycles. The molecule has 116 valence electrons. The summed E-state index contributed by atoms with van der Waals surface area (Å²) >= 11 is 0. The van der Waals surface area contributed by atoms with E-state index < -0.39 is 35.9 Å². The summed E-state index contributed by atoms with van der Waals surface area (Å²) in [5, 5.41) is 0. The zero-order chi connectivity index (χ0) is 15.4. The SMILES string of the molecule is COC(=O)/C=C1\C2OC(C1C(=O)OC)C1OC(C)(C)OC21. The molecule has 0 radical (unpaired) electrons. The second-order valence-electron chi connectivity index (χ2n) is 5.75. The van der Waals surface area contributed by atoms with Gasteiger partial charge in [-0.25, -0.2) is 4.79 Å². The van der Waals surface area contributed by atoms with Crippen molar-refractivity contribution in [3.05, 3.63) is 11.6 Å². The third-order valence-electron chi connectivity index (χ3n) is 4.05. The lowest BCUT2D eigenvalue weighted by molar-refractivity contribution is -0.180. The van der Waals surface area contributed by atoms with E-state index in [0.717, 1.165) is 0 Å². The predicted molar refractivity (Wildman–Crippen MR) is 68.1 cm³/mol. The molecule has 0 aromatic rings. The van der Waals surface area contributed by atoms with E-state index in [4.69, 9.17) is 18.9 Å². The van der Waals surface area contributed by atoms with E-state index in [-0.39, 0.29) is 12.2 Å². The summed E-state index contributed by atoms with van der Waals surface area (Å²) < 4.78 is 26.9. The lowest BCUT2D eigenvalue weighted by Gasteiger charge is -2.26. The van der Waals surface area contributed by atoms with Gasteiger partial charge in [0.2, 0.25) is 0 Å². The van der Waals surface area contributed by atoms with Gasteiger partial charge in [0.05, 0.1) is 14.2 Å². The summed E-state index contributed by atoms with van der Waals surface area (Å²) in [6.07, 6.45) is -0.391. The van der Waals surface area contributed by atoms with Gasteiger partial charge in [0, 0.05) is 6.08 Å². The molecule has 0 aromatic carbocycles. The van der Waals surface area contributed by atoms with Crippen LogP contribution in [-0.4, -0.2) is 56.4 Å². The molecule has 3 fully saturated rings. The average molecular weight is 298 g/mol. The van der Waals surface area contributed by atoms with Crippen LogP contribution in [0.3, 0.4) is 0 Å². The van der Waals surface area contributed by atoms with Gasteiger partial charge < -0.3 is 23.7 Å². The second kappa shape index (κ2) is 4.79. The van der Waals surface area contributed by atoms with Crippen LogP contribution in [-0.2, 0) is 33.3 Å². The highest BCUT2D eigenvalue weighted by molar-refractivity contribution is 5.86.